The molecular weight excluding hydrogens is 312 g/mol. The molecule has 0 atom stereocenters. The largest absolute Gasteiger partial charge is 0.365 e. The van der Waals surface area contributed by atoms with Gasteiger partial charge in [-0.3, -0.25) is 0 Å². The summed E-state index contributed by atoms with van der Waals surface area (Å²) in [6.45, 7) is 1.94. The number of rotatable bonds is 4. The Morgan fingerprint density at radius 1 is 1.13 bits per heavy atom. The van der Waals surface area contributed by atoms with Crippen LogP contribution in [0.2, 0.25) is 0 Å². The van der Waals surface area contributed by atoms with Crippen molar-refractivity contribution in [3.05, 3.63) is 65.7 Å². The van der Waals surface area contributed by atoms with Gasteiger partial charge in [-0.1, -0.05) is 42.5 Å². The molecule has 23 heavy (non-hydrogen) atoms. The lowest BCUT2D eigenvalue weighted by Gasteiger charge is -2.19. The molecule has 1 N–H and O–H groups in total. The first-order chi connectivity index (χ1) is 11.1. The number of hydrogen-bond acceptors (Lipinski definition) is 4. The minimum absolute atomic E-state index is 0.102. The number of aryl methyl sites for hydroxylation is 1. The molecule has 0 aliphatic carbocycles. The van der Waals surface area contributed by atoms with Crippen molar-refractivity contribution in [3.8, 4) is 0 Å². The van der Waals surface area contributed by atoms with Crippen LogP contribution in [0.5, 0.6) is 0 Å². The minimum atomic E-state index is -0.519. The molecule has 0 unspecified atom stereocenters. The first-order valence-corrected chi connectivity index (χ1v) is 8.23. The van der Waals surface area contributed by atoms with Gasteiger partial charge in [-0.05, 0) is 42.1 Å². The van der Waals surface area contributed by atoms with Gasteiger partial charge in [0, 0.05) is 6.26 Å². The molecule has 6 heteroatoms. The van der Waals surface area contributed by atoms with Crippen molar-refractivity contribution in [2.45, 2.75) is 13.3 Å². The Morgan fingerprint density at radius 3 is 2.52 bits per heavy atom. The first kappa shape index (κ1) is 16.9. The SMILES string of the molecule is CSN(C(=O)NOC(=O)Cc1ccccc1)c1cccc(C)c1. The van der Waals surface area contributed by atoms with Crippen molar-refractivity contribution in [3.63, 3.8) is 0 Å². The lowest BCUT2D eigenvalue weighted by molar-refractivity contribution is -0.147. The summed E-state index contributed by atoms with van der Waals surface area (Å²) < 4.78 is 1.42. The van der Waals surface area contributed by atoms with Crippen LogP contribution in [0.3, 0.4) is 0 Å². The highest BCUT2D eigenvalue weighted by atomic mass is 32.2. The quantitative estimate of drug-likeness (QED) is 0.689. The van der Waals surface area contributed by atoms with Crippen LogP contribution in [0.15, 0.2) is 54.6 Å². The van der Waals surface area contributed by atoms with E-state index in [1.54, 1.807) is 6.26 Å². The molecule has 2 amide bonds. The maximum absolute atomic E-state index is 12.2. The van der Waals surface area contributed by atoms with Crippen LogP contribution in [0, 0.1) is 6.92 Å². The molecular formula is C17H18N2O3S. The number of nitrogens with one attached hydrogen (secondary N) is 1. The van der Waals surface area contributed by atoms with Crippen molar-refractivity contribution >= 4 is 29.6 Å². The zero-order valence-corrected chi connectivity index (χ0v) is 13.8. The number of carbonyl (C=O) groups is 2. The van der Waals surface area contributed by atoms with Crippen molar-refractivity contribution in [2.75, 3.05) is 10.6 Å². The summed E-state index contributed by atoms with van der Waals surface area (Å²) in [4.78, 5) is 28.8. The number of anilines is 1. The third-order valence-corrected chi connectivity index (χ3v) is 3.79. The summed E-state index contributed by atoms with van der Waals surface area (Å²) in [7, 11) is 0. The van der Waals surface area contributed by atoms with Gasteiger partial charge in [0.25, 0.3) is 0 Å². The molecule has 0 fully saturated rings. The van der Waals surface area contributed by atoms with Crippen molar-refractivity contribution in [2.24, 2.45) is 0 Å². The molecule has 0 aromatic heterocycles. The second kappa shape index (κ2) is 8.24. The average Bonchev–Trinajstić information content (AvgIpc) is 2.55. The van der Waals surface area contributed by atoms with E-state index in [4.69, 9.17) is 4.84 Å². The third kappa shape index (κ3) is 5.03. The van der Waals surface area contributed by atoms with E-state index < -0.39 is 12.0 Å². The zero-order valence-electron chi connectivity index (χ0n) is 13.0. The van der Waals surface area contributed by atoms with Gasteiger partial charge in [0.2, 0.25) is 0 Å². The molecule has 0 heterocycles. The maximum atomic E-state index is 12.2. The molecule has 0 spiro atoms. The molecule has 0 saturated carbocycles. The Balaban J connectivity index is 1.91. The lowest BCUT2D eigenvalue weighted by Crippen LogP contribution is -2.37. The van der Waals surface area contributed by atoms with Crippen LogP contribution in [-0.4, -0.2) is 18.3 Å². The van der Waals surface area contributed by atoms with Crippen molar-refractivity contribution in [1.82, 2.24) is 5.48 Å². The predicted molar refractivity (Wildman–Crippen MR) is 91.9 cm³/mol. The Kier molecular flexibility index (Phi) is 6.05. The van der Waals surface area contributed by atoms with Gasteiger partial charge in [-0.2, -0.15) is 5.48 Å². The van der Waals surface area contributed by atoms with E-state index in [2.05, 4.69) is 5.48 Å². The lowest BCUT2D eigenvalue weighted by atomic mass is 10.2. The van der Waals surface area contributed by atoms with Gasteiger partial charge in [0.15, 0.2) is 0 Å². The van der Waals surface area contributed by atoms with Gasteiger partial charge in [0.05, 0.1) is 12.1 Å². The molecule has 2 rings (SSSR count). The second-order valence-electron chi connectivity index (χ2n) is 4.86. The van der Waals surface area contributed by atoms with Gasteiger partial charge in [0.1, 0.15) is 0 Å². The Morgan fingerprint density at radius 2 is 1.87 bits per heavy atom. The van der Waals surface area contributed by atoms with E-state index in [9.17, 15) is 9.59 Å². The number of hydrogen-bond donors (Lipinski definition) is 1. The summed E-state index contributed by atoms with van der Waals surface area (Å²) in [6, 6.07) is 16.2. The first-order valence-electron chi connectivity index (χ1n) is 7.04. The molecule has 0 saturated heterocycles. The van der Waals surface area contributed by atoms with Crippen LogP contribution in [0.4, 0.5) is 10.5 Å². The van der Waals surface area contributed by atoms with E-state index in [0.29, 0.717) is 5.69 Å². The normalized spacial score (nSPS) is 10.0. The van der Waals surface area contributed by atoms with Crippen LogP contribution in [0.1, 0.15) is 11.1 Å². The molecule has 2 aromatic rings. The average molecular weight is 330 g/mol. The van der Waals surface area contributed by atoms with Gasteiger partial charge >= 0.3 is 12.0 Å². The van der Waals surface area contributed by atoms with E-state index >= 15 is 0 Å². The number of amides is 2. The summed E-state index contributed by atoms with van der Waals surface area (Å²) in [5.74, 6) is -0.519. The maximum Gasteiger partial charge on any atom is 0.365 e. The van der Waals surface area contributed by atoms with E-state index in [1.165, 1.54) is 16.3 Å². The topological polar surface area (TPSA) is 58.6 Å². The third-order valence-electron chi connectivity index (χ3n) is 3.05. The Hall–Kier alpha value is -2.47. The van der Waals surface area contributed by atoms with E-state index in [1.807, 2.05) is 61.5 Å². The number of urea groups is 1. The molecule has 2 aromatic carbocycles. The van der Waals surface area contributed by atoms with Gasteiger partial charge < -0.3 is 4.84 Å². The summed E-state index contributed by atoms with van der Waals surface area (Å²) in [5.41, 5.74) is 4.77. The monoisotopic (exact) mass is 330 g/mol. The number of benzene rings is 2. The fraction of sp³-hybridized carbons (Fsp3) is 0.176. The van der Waals surface area contributed by atoms with Crippen molar-refractivity contribution < 1.29 is 14.4 Å². The Labute approximate surface area is 139 Å². The molecule has 0 bridgehead atoms. The molecule has 120 valence electrons. The van der Waals surface area contributed by atoms with E-state index in [0.717, 1.165) is 11.1 Å². The van der Waals surface area contributed by atoms with Gasteiger partial charge in [-0.15, -0.1) is 0 Å². The van der Waals surface area contributed by atoms with Crippen LogP contribution < -0.4 is 9.79 Å². The fourth-order valence-corrected chi connectivity index (χ4v) is 2.53. The molecule has 0 radical (unpaired) electrons. The van der Waals surface area contributed by atoms with Crippen LogP contribution >= 0.6 is 11.9 Å². The highest BCUT2D eigenvalue weighted by molar-refractivity contribution is 8.00. The van der Waals surface area contributed by atoms with Crippen molar-refractivity contribution in [1.29, 1.82) is 0 Å². The van der Waals surface area contributed by atoms with Crippen LogP contribution in [-0.2, 0) is 16.1 Å². The summed E-state index contributed by atoms with van der Waals surface area (Å²) >= 11 is 1.23. The second-order valence-corrected chi connectivity index (χ2v) is 5.59. The fourth-order valence-electron chi connectivity index (χ4n) is 2.00. The highest BCUT2D eigenvalue weighted by Gasteiger charge is 2.17. The highest BCUT2D eigenvalue weighted by Crippen LogP contribution is 2.21. The number of nitrogens with zero attached hydrogens (tertiary/aromatic N) is 1. The summed E-state index contributed by atoms with van der Waals surface area (Å²) in [5, 5.41) is 0. The number of hydroxylamine groups is 1. The summed E-state index contributed by atoms with van der Waals surface area (Å²) in [6.07, 6.45) is 1.87. The molecule has 0 aliphatic rings. The van der Waals surface area contributed by atoms with E-state index in [-0.39, 0.29) is 6.42 Å². The van der Waals surface area contributed by atoms with Gasteiger partial charge in [-0.25, -0.2) is 13.9 Å². The van der Waals surface area contributed by atoms with Crippen LogP contribution in [0.25, 0.3) is 0 Å². The smallest absolute Gasteiger partial charge is 0.339 e. The predicted octanol–water partition coefficient (Wildman–Crippen LogP) is 3.49. The Bertz CT molecular complexity index is 677. The number of carbonyl (C=O) groups excluding carboxylic acids is 2. The minimum Gasteiger partial charge on any atom is -0.339 e. The molecule has 5 nitrogen and oxygen atoms in total. The zero-order chi connectivity index (χ0) is 16.7. The molecule has 0 aliphatic heterocycles. The standard InChI is InChI=1S/C17H18N2O3S/c1-13-7-6-10-15(11-13)19(23-2)17(21)18-22-16(20)12-14-8-4-3-5-9-14/h3-11H,12H2,1-2H3,(H,18,21).